The fraction of sp³-hybridized carbons (Fsp3) is 0.308. The molecule has 3 aromatic heterocycles. The minimum atomic E-state index is 0.725. The van der Waals surface area contributed by atoms with Crippen LogP contribution >= 0.6 is 0 Å². The number of nitrogens with one attached hydrogen (secondary N) is 1. The summed E-state index contributed by atoms with van der Waals surface area (Å²) in [4.78, 5) is 4.48. The van der Waals surface area contributed by atoms with E-state index < -0.39 is 0 Å². The van der Waals surface area contributed by atoms with E-state index in [9.17, 15) is 0 Å². The molecule has 0 amide bonds. The molecular weight excluding hydrogens is 240 g/mol. The first-order chi connectivity index (χ1) is 9.15. The molecule has 0 saturated heterocycles. The van der Waals surface area contributed by atoms with Gasteiger partial charge in [0.1, 0.15) is 5.82 Å². The summed E-state index contributed by atoms with van der Waals surface area (Å²) in [6.45, 7) is 4.82. The van der Waals surface area contributed by atoms with Crippen LogP contribution in [-0.2, 0) is 13.6 Å². The molecule has 3 heterocycles. The van der Waals surface area contributed by atoms with Gasteiger partial charge in [-0.25, -0.2) is 9.50 Å². The normalized spacial score (nSPS) is 11.1. The molecule has 0 aliphatic heterocycles. The Morgan fingerprint density at radius 2 is 2.11 bits per heavy atom. The van der Waals surface area contributed by atoms with E-state index in [1.54, 1.807) is 10.7 Å². The first-order valence-electron chi connectivity index (χ1n) is 6.18. The van der Waals surface area contributed by atoms with E-state index in [0.717, 1.165) is 23.7 Å². The van der Waals surface area contributed by atoms with E-state index in [4.69, 9.17) is 0 Å². The SMILES string of the molecule is Cc1nn(C)c(C)c1CNc1ccn2nccc2n1. The number of fused-ring (bicyclic) bond motifs is 1. The Labute approximate surface area is 111 Å². The van der Waals surface area contributed by atoms with E-state index in [0.29, 0.717) is 0 Å². The minimum absolute atomic E-state index is 0.725. The Morgan fingerprint density at radius 1 is 1.26 bits per heavy atom. The van der Waals surface area contributed by atoms with E-state index in [-0.39, 0.29) is 0 Å². The number of nitrogens with zero attached hydrogens (tertiary/aromatic N) is 5. The van der Waals surface area contributed by atoms with Crippen LogP contribution in [0.25, 0.3) is 5.65 Å². The Hall–Kier alpha value is -2.37. The summed E-state index contributed by atoms with van der Waals surface area (Å²) < 4.78 is 3.64. The molecule has 0 aromatic carbocycles. The van der Waals surface area contributed by atoms with Crippen molar-refractivity contribution in [3.63, 3.8) is 0 Å². The molecular formula is C13H16N6. The van der Waals surface area contributed by atoms with Crippen molar-refractivity contribution in [2.45, 2.75) is 20.4 Å². The molecule has 0 radical (unpaired) electrons. The summed E-state index contributed by atoms with van der Waals surface area (Å²) in [5.41, 5.74) is 4.29. The first kappa shape index (κ1) is 11.7. The summed E-state index contributed by atoms with van der Waals surface area (Å²) in [6, 6.07) is 3.80. The van der Waals surface area contributed by atoms with Crippen molar-refractivity contribution >= 4 is 11.5 Å². The quantitative estimate of drug-likeness (QED) is 0.774. The van der Waals surface area contributed by atoms with Gasteiger partial charge < -0.3 is 5.32 Å². The molecule has 0 spiro atoms. The van der Waals surface area contributed by atoms with Gasteiger partial charge in [-0.2, -0.15) is 10.2 Å². The smallest absolute Gasteiger partial charge is 0.157 e. The van der Waals surface area contributed by atoms with Gasteiger partial charge in [-0.15, -0.1) is 0 Å². The van der Waals surface area contributed by atoms with Crippen molar-refractivity contribution in [2.75, 3.05) is 5.32 Å². The van der Waals surface area contributed by atoms with Gasteiger partial charge in [0.25, 0.3) is 0 Å². The zero-order chi connectivity index (χ0) is 13.4. The largest absolute Gasteiger partial charge is 0.366 e. The molecule has 3 rings (SSSR count). The van der Waals surface area contributed by atoms with E-state index in [2.05, 4.69) is 27.4 Å². The zero-order valence-corrected chi connectivity index (χ0v) is 11.3. The molecule has 98 valence electrons. The third-order valence-electron chi connectivity index (χ3n) is 3.36. The molecule has 1 N–H and O–H groups in total. The molecule has 0 bridgehead atoms. The Bertz CT molecular complexity index is 724. The van der Waals surface area contributed by atoms with Crippen molar-refractivity contribution in [1.29, 1.82) is 0 Å². The van der Waals surface area contributed by atoms with Crippen molar-refractivity contribution in [2.24, 2.45) is 7.05 Å². The maximum absolute atomic E-state index is 4.48. The highest BCUT2D eigenvalue weighted by atomic mass is 15.3. The summed E-state index contributed by atoms with van der Waals surface area (Å²) in [5.74, 6) is 0.843. The lowest BCUT2D eigenvalue weighted by Gasteiger charge is -2.06. The van der Waals surface area contributed by atoms with Crippen molar-refractivity contribution in [3.05, 3.63) is 41.5 Å². The molecule has 0 unspecified atom stereocenters. The Morgan fingerprint density at radius 3 is 2.84 bits per heavy atom. The van der Waals surface area contributed by atoms with Crippen LogP contribution in [-0.4, -0.2) is 24.4 Å². The lowest BCUT2D eigenvalue weighted by atomic mass is 10.2. The molecule has 0 saturated carbocycles. The fourth-order valence-corrected chi connectivity index (χ4v) is 2.16. The predicted octanol–water partition coefficient (Wildman–Crippen LogP) is 1.69. The second-order valence-electron chi connectivity index (χ2n) is 4.57. The second-order valence-corrected chi connectivity index (χ2v) is 4.57. The third-order valence-corrected chi connectivity index (χ3v) is 3.36. The van der Waals surface area contributed by atoms with Gasteiger partial charge in [-0.05, 0) is 19.9 Å². The summed E-state index contributed by atoms with van der Waals surface area (Å²) >= 11 is 0. The second kappa shape index (κ2) is 4.38. The standard InChI is InChI=1S/C13H16N6/c1-9-11(10(2)18(3)17-9)8-14-12-5-7-19-13(16-12)4-6-15-19/h4-7H,8H2,1-3H3,(H,14,16). The van der Waals surface area contributed by atoms with Crippen LogP contribution in [0.4, 0.5) is 5.82 Å². The summed E-state index contributed by atoms with van der Waals surface area (Å²) in [6.07, 6.45) is 3.63. The maximum Gasteiger partial charge on any atom is 0.157 e. The van der Waals surface area contributed by atoms with Crippen molar-refractivity contribution < 1.29 is 0 Å². The molecule has 6 heteroatoms. The number of anilines is 1. The lowest BCUT2D eigenvalue weighted by Crippen LogP contribution is -2.04. The number of aryl methyl sites for hydroxylation is 2. The minimum Gasteiger partial charge on any atom is -0.366 e. The number of aromatic nitrogens is 5. The maximum atomic E-state index is 4.48. The van der Waals surface area contributed by atoms with E-state index >= 15 is 0 Å². The highest BCUT2D eigenvalue weighted by Crippen LogP contribution is 2.14. The van der Waals surface area contributed by atoms with Gasteiger partial charge in [0.15, 0.2) is 5.65 Å². The van der Waals surface area contributed by atoms with Crippen molar-refractivity contribution in [3.8, 4) is 0 Å². The Kier molecular flexibility index (Phi) is 2.70. The topological polar surface area (TPSA) is 60.0 Å². The number of hydrogen-bond donors (Lipinski definition) is 1. The molecule has 0 aliphatic carbocycles. The van der Waals surface area contributed by atoms with Gasteiger partial charge in [0.05, 0.1) is 11.9 Å². The van der Waals surface area contributed by atoms with Crippen molar-refractivity contribution in [1.82, 2.24) is 24.4 Å². The van der Waals surface area contributed by atoms with E-state index in [1.807, 2.05) is 37.0 Å². The van der Waals surface area contributed by atoms with Crippen LogP contribution in [0, 0.1) is 13.8 Å². The van der Waals surface area contributed by atoms with Crippen LogP contribution in [0.5, 0.6) is 0 Å². The lowest BCUT2D eigenvalue weighted by molar-refractivity contribution is 0.730. The van der Waals surface area contributed by atoms with Gasteiger partial charge in [0.2, 0.25) is 0 Å². The van der Waals surface area contributed by atoms with Gasteiger partial charge >= 0.3 is 0 Å². The monoisotopic (exact) mass is 256 g/mol. The molecule has 0 aliphatic rings. The first-order valence-corrected chi connectivity index (χ1v) is 6.18. The average Bonchev–Trinajstić information content (AvgIpc) is 2.94. The summed E-state index contributed by atoms with van der Waals surface area (Å²) in [7, 11) is 1.96. The average molecular weight is 256 g/mol. The third kappa shape index (κ3) is 2.05. The van der Waals surface area contributed by atoms with E-state index in [1.165, 1.54) is 11.3 Å². The number of rotatable bonds is 3. The molecule has 3 aromatic rings. The molecule has 0 atom stereocenters. The van der Waals surface area contributed by atoms with Gasteiger partial charge in [-0.3, -0.25) is 4.68 Å². The molecule has 0 fully saturated rings. The highest BCUT2D eigenvalue weighted by molar-refractivity contribution is 5.46. The van der Waals surface area contributed by atoms with Gasteiger partial charge in [0, 0.05) is 37.1 Å². The Balaban J connectivity index is 1.81. The van der Waals surface area contributed by atoms with Crippen LogP contribution < -0.4 is 5.32 Å². The highest BCUT2D eigenvalue weighted by Gasteiger charge is 2.09. The summed E-state index contributed by atoms with van der Waals surface area (Å²) in [5, 5.41) is 11.9. The van der Waals surface area contributed by atoms with Crippen LogP contribution in [0.2, 0.25) is 0 Å². The van der Waals surface area contributed by atoms with Crippen LogP contribution in [0.15, 0.2) is 24.5 Å². The fourth-order valence-electron chi connectivity index (χ4n) is 2.16. The van der Waals surface area contributed by atoms with Gasteiger partial charge in [-0.1, -0.05) is 0 Å². The zero-order valence-electron chi connectivity index (χ0n) is 11.3. The molecule has 6 nitrogen and oxygen atoms in total. The van der Waals surface area contributed by atoms with Crippen LogP contribution in [0.3, 0.4) is 0 Å². The number of hydrogen-bond acceptors (Lipinski definition) is 4. The van der Waals surface area contributed by atoms with Crippen LogP contribution in [0.1, 0.15) is 17.0 Å². The molecule has 19 heavy (non-hydrogen) atoms. The predicted molar refractivity (Wildman–Crippen MR) is 73.0 cm³/mol.